The average molecular weight is 682 g/mol. The van der Waals surface area contributed by atoms with Gasteiger partial charge in [0, 0.05) is 20.2 Å². The molecule has 0 radical (unpaired) electrons. The van der Waals surface area contributed by atoms with Gasteiger partial charge in [-0.05, 0) is 42.7 Å². The lowest BCUT2D eigenvalue weighted by molar-refractivity contribution is 0.257. The first-order valence-corrected chi connectivity index (χ1v) is 21.0. The Kier molecular flexibility index (Phi) is 15.8. The van der Waals surface area contributed by atoms with Crippen LogP contribution < -0.4 is 4.98 Å². The number of halogens is 2. The first-order valence-electron chi connectivity index (χ1n) is 12.6. The van der Waals surface area contributed by atoms with E-state index < -0.39 is 16.6 Å². The van der Waals surface area contributed by atoms with E-state index in [2.05, 4.69) is 112 Å². The van der Waals surface area contributed by atoms with Gasteiger partial charge in [-0.25, -0.2) is 0 Å². The molecule has 0 bridgehead atoms. The highest BCUT2D eigenvalue weighted by Gasteiger charge is 2.51. The fourth-order valence-corrected chi connectivity index (χ4v) is 21.6. The molecule has 1 N–H and O–H groups in total. The molecule has 0 saturated heterocycles. The zero-order chi connectivity index (χ0) is 23.5. The van der Waals surface area contributed by atoms with Crippen LogP contribution in [-0.4, -0.2) is 36.8 Å². The van der Waals surface area contributed by atoms with Gasteiger partial charge >= 0.3 is 0 Å². The van der Waals surface area contributed by atoms with Gasteiger partial charge in [-0.1, -0.05) is 132 Å². The van der Waals surface area contributed by atoms with E-state index in [1.807, 2.05) is 0 Å². The van der Waals surface area contributed by atoms with Gasteiger partial charge in [-0.3, -0.25) is 0 Å². The Morgan fingerprint density at radius 1 is 0.833 bits per heavy atom. The van der Waals surface area contributed by atoms with E-state index >= 15 is 0 Å². The fourth-order valence-electron chi connectivity index (χ4n) is 4.92. The van der Waals surface area contributed by atoms with Crippen molar-refractivity contribution in [1.82, 2.24) is 4.98 Å². The molecule has 0 aliphatic rings. The van der Waals surface area contributed by atoms with Crippen molar-refractivity contribution in [2.24, 2.45) is 0 Å². The molecule has 0 aliphatic carbocycles. The Morgan fingerprint density at radius 3 is 1.70 bits per heavy atom. The van der Waals surface area contributed by atoms with Crippen LogP contribution in [0.3, 0.4) is 0 Å². The number of hydrogen-bond acceptors (Lipinski definition) is 2. The lowest BCUT2D eigenvalue weighted by Crippen LogP contribution is -2.59. The van der Waals surface area contributed by atoms with Crippen LogP contribution in [0.2, 0.25) is 23.7 Å². The highest BCUT2D eigenvalue weighted by atomic mass is 127. The minimum absolute atomic E-state index is 0.334. The largest absolute Gasteiger partial charge is 0.415 e. The summed E-state index contributed by atoms with van der Waals surface area (Å²) in [7, 11) is -3.14. The number of alkyl halides is 2. The molecular weight excluding hydrogens is 628 g/mol. The number of unbranched alkanes of at least 4 members (excludes halogenated alkanes) is 1. The molecule has 0 saturated carbocycles. The molecule has 0 unspecified atom stereocenters. The van der Waals surface area contributed by atoms with Crippen molar-refractivity contribution in [3.63, 3.8) is 0 Å². The summed E-state index contributed by atoms with van der Waals surface area (Å²) in [5.74, 6) is 0. The minimum atomic E-state index is -1.75. The quantitative estimate of drug-likeness (QED) is 0.0675. The smallest absolute Gasteiger partial charge is 0.217 e. The molecule has 30 heavy (non-hydrogen) atoms. The van der Waals surface area contributed by atoms with Crippen molar-refractivity contribution < 1.29 is 4.43 Å². The Labute approximate surface area is 219 Å². The zero-order valence-electron chi connectivity index (χ0n) is 21.7. The third kappa shape index (κ3) is 8.24. The van der Waals surface area contributed by atoms with Crippen molar-refractivity contribution in [1.29, 1.82) is 0 Å². The highest BCUT2D eigenvalue weighted by Crippen LogP contribution is 2.51. The Balaban J connectivity index is 5.31. The molecule has 0 atom stereocenters. The highest BCUT2D eigenvalue weighted by molar-refractivity contribution is 14.1. The summed E-state index contributed by atoms with van der Waals surface area (Å²) in [6.07, 6.45) is 11.6. The maximum atomic E-state index is 6.77. The summed E-state index contributed by atoms with van der Waals surface area (Å²) in [6, 6.07) is 0. The second-order valence-corrected chi connectivity index (χ2v) is 23.6. The third-order valence-electron chi connectivity index (χ3n) is 8.28. The van der Waals surface area contributed by atoms with Crippen molar-refractivity contribution in [3.05, 3.63) is 0 Å². The van der Waals surface area contributed by atoms with Crippen molar-refractivity contribution in [3.8, 4) is 0 Å². The second-order valence-electron chi connectivity index (χ2n) is 10.3. The van der Waals surface area contributed by atoms with E-state index in [-0.39, 0.29) is 0 Å². The van der Waals surface area contributed by atoms with E-state index in [1.165, 1.54) is 59.5 Å². The van der Waals surface area contributed by atoms with Crippen LogP contribution in [0.5, 0.6) is 0 Å². The molecule has 0 aliphatic heterocycles. The van der Waals surface area contributed by atoms with Crippen molar-refractivity contribution in [2.75, 3.05) is 14.7 Å². The van der Waals surface area contributed by atoms with Gasteiger partial charge in [0.1, 0.15) is 8.24 Å². The molecule has 0 spiro atoms. The normalized spacial score (nSPS) is 14.0. The van der Waals surface area contributed by atoms with E-state index in [0.717, 1.165) is 18.6 Å². The van der Waals surface area contributed by atoms with Gasteiger partial charge in [0.15, 0.2) is 0 Å². The first kappa shape index (κ1) is 31.8. The molecule has 2 nitrogen and oxygen atoms in total. The Hall–Kier alpha value is 1.81. The Bertz CT molecular complexity index is 448. The van der Waals surface area contributed by atoms with Crippen molar-refractivity contribution >= 4 is 61.7 Å². The fraction of sp³-hybridized carbons (Fsp3) is 1.00. The second kappa shape index (κ2) is 14.9. The number of hydrogen-bond donors (Lipinski definition) is 1. The molecule has 0 aromatic heterocycles. The van der Waals surface area contributed by atoms with E-state index in [0.29, 0.717) is 10.6 Å². The van der Waals surface area contributed by atoms with Crippen LogP contribution >= 0.6 is 45.2 Å². The topological polar surface area (TPSA) is 21.3 Å². The average Bonchev–Trinajstić information content (AvgIpc) is 2.74. The first-order chi connectivity index (χ1) is 14.0. The molecule has 6 heteroatoms. The van der Waals surface area contributed by atoms with E-state index in [4.69, 9.17) is 4.43 Å². The minimum Gasteiger partial charge on any atom is -0.415 e. The molecule has 0 aromatic rings. The zero-order valence-corrected chi connectivity index (χ0v) is 28.0. The summed E-state index contributed by atoms with van der Waals surface area (Å²) in [5, 5.41) is 0.436. The summed E-state index contributed by atoms with van der Waals surface area (Å²) < 4.78 is 9.24. The van der Waals surface area contributed by atoms with Crippen LogP contribution in [-0.2, 0) is 4.43 Å². The third-order valence-corrected chi connectivity index (χ3v) is 24.2. The molecule has 0 amide bonds. The van der Waals surface area contributed by atoms with Gasteiger partial charge in [0.05, 0.1) is 0 Å². The maximum absolute atomic E-state index is 6.77. The number of nitrogens with one attached hydrogen (secondary N) is 1. The predicted octanol–water partition coefficient (Wildman–Crippen LogP) is 9.19. The maximum Gasteiger partial charge on any atom is 0.217 e. The van der Waals surface area contributed by atoms with Gasteiger partial charge in [0.25, 0.3) is 0 Å². The van der Waals surface area contributed by atoms with E-state index in [1.54, 1.807) is 0 Å². The Morgan fingerprint density at radius 2 is 1.33 bits per heavy atom. The van der Waals surface area contributed by atoms with Gasteiger partial charge in [0.2, 0.25) is 8.32 Å². The monoisotopic (exact) mass is 681 g/mol. The van der Waals surface area contributed by atoms with Crippen LogP contribution in [0.25, 0.3) is 0 Å². The summed E-state index contributed by atoms with van der Waals surface area (Å²) in [5.41, 5.74) is 1.11. The lowest BCUT2D eigenvalue weighted by atomic mass is 9.86. The SMILES string of the molecule is CCCO[Si](CI)(CI)C(CC)(CC)CCCCC(CC)(CC)N[Si](C)(C)C(C)C. The van der Waals surface area contributed by atoms with Crippen LogP contribution in [0.1, 0.15) is 106 Å². The molecule has 0 rings (SSSR count). The standard InChI is InChI=1S/C24H53I2NOSi2/c1-10-19-28-30(20-25,21-26)24(13-4,14-5)18-16-15-17-23(11-2,12-3)27-29(8,9)22(6)7/h22,27H,10-21H2,1-9H3. The summed E-state index contributed by atoms with van der Waals surface area (Å²) in [6.45, 7) is 22.7. The van der Waals surface area contributed by atoms with Gasteiger partial charge < -0.3 is 9.41 Å². The number of rotatable bonds is 18. The molecule has 182 valence electrons. The van der Waals surface area contributed by atoms with Gasteiger partial charge in [-0.2, -0.15) is 0 Å². The summed E-state index contributed by atoms with van der Waals surface area (Å²) in [4.78, 5) is 4.23. The molecule has 0 aromatic carbocycles. The van der Waals surface area contributed by atoms with E-state index in [9.17, 15) is 0 Å². The van der Waals surface area contributed by atoms with Crippen LogP contribution in [0, 0.1) is 0 Å². The molecule has 0 heterocycles. The van der Waals surface area contributed by atoms with Crippen LogP contribution in [0.4, 0.5) is 0 Å². The molecular formula is C24H53I2NOSi2. The molecule has 0 fully saturated rings. The predicted molar refractivity (Wildman–Crippen MR) is 161 cm³/mol. The van der Waals surface area contributed by atoms with Crippen LogP contribution in [0.15, 0.2) is 0 Å². The lowest BCUT2D eigenvalue weighted by Gasteiger charge is -2.47. The van der Waals surface area contributed by atoms with Crippen molar-refractivity contribution in [2.45, 2.75) is 135 Å². The van der Waals surface area contributed by atoms with Gasteiger partial charge in [-0.15, -0.1) is 0 Å². The summed E-state index contributed by atoms with van der Waals surface area (Å²) >= 11 is 5.29.